The topological polar surface area (TPSA) is 125 Å². The van der Waals surface area contributed by atoms with Crippen LogP contribution in [-0.2, 0) is 11.3 Å². The zero-order valence-electron chi connectivity index (χ0n) is 23.2. The number of hydrogen-bond donors (Lipinski definition) is 5. The van der Waals surface area contributed by atoms with Crippen molar-refractivity contribution in [3.05, 3.63) is 107 Å². The van der Waals surface area contributed by atoms with Crippen LogP contribution in [0, 0.1) is 0 Å². The van der Waals surface area contributed by atoms with Crippen molar-refractivity contribution in [3.63, 3.8) is 0 Å². The summed E-state index contributed by atoms with van der Waals surface area (Å²) in [6.07, 6.45) is 3.92. The van der Waals surface area contributed by atoms with E-state index in [0.29, 0.717) is 30.8 Å². The smallest absolute Gasteiger partial charge is 0.251 e. The van der Waals surface area contributed by atoms with Gasteiger partial charge in [0.25, 0.3) is 11.8 Å². The number of rotatable bonds is 13. The van der Waals surface area contributed by atoms with E-state index in [1.165, 1.54) is 37.4 Å². The average Bonchev–Trinajstić information content (AvgIpc) is 3.78. The number of carbonyl (C=O) groups excluding carboxylic acids is 3. The van der Waals surface area contributed by atoms with Gasteiger partial charge >= 0.3 is 0 Å². The van der Waals surface area contributed by atoms with E-state index in [9.17, 15) is 14.4 Å². The van der Waals surface area contributed by atoms with Crippen LogP contribution in [0.1, 0.15) is 63.9 Å². The highest BCUT2D eigenvalue weighted by atomic mass is 16.2. The molecular formula is C32H41N5O3. The summed E-state index contributed by atoms with van der Waals surface area (Å²) in [7, 11) is 0. The molecule has 0 radical (unpaired) electrons. The predicted octanol–water partition coefficient (Wildman–Crippen LogP) is 3.35. The van der Waals surface area contributed by atoms with E-state index in [2.05, 4.69) is 58.5 Å². The second-order valence-electron chi connectivity index (χ2n) is 9.74. The maximum absolute atomic E-state index is 12.2. The van der Waals surface area contributed by atoms with Crippen molar-refractivity contribution in [2.75, 3.05) is 26.2 Å². The molecule has 0 saturated heterocycles. The molecule has 1 aliphatic rings. The van der Waals surface area contributed by atoms with E-state index in [-0.39, 0.29) is 18.4 Å². The molecule has 0 bridgehead atoms. The van der Waals surface area contributed by atoms with Gasteiger partial charge in [0.1, 0.15) is 0 Å². The first kappa shape index (κ1) is 30.5. The van der Waals surface area contributed by atoms with Gasteiger partial charge in [0, 0.05) is 42.7 Å². The van der Waals surface area contributed by atoms with E-state index in [1.807, 2.05) is 30.3 Å². The molecule has 1 aliphatic carbocycles. The summed E-state index contributed by atoms with van der Waals surface area (Å²) >= 11 is 0. The Labute approximate surface area is 237 Å². The van der Waals surface area contributed by atoms with Crippen LogP contribution in [0.2, 0.25) is 0 Å². The van der Waals surface area contributed by atoms with E-state index in [4.69, 9.17) is 5.73 Å². The minimum atomic E-state index is -0.423. The average molecular weight is 544 g/mol. The fraction of sp³-hybridized carbons (Fsp3) is 0.344. The van der Waals surface area contributed by atoms with Crippen LogP contribution in [0.4, 0.5) is 0 Å². The lowest BCUT2D eigenvalue weighted by molar-refractivity contribution is -0.120. The zero-order chi connectivity index (χ0) is 28.6. The Morgan fingerprint density at radius 2 is 1.45 bits per heavy atom. The number of nitrogens with two attached hydrogens (primary N) is 1. The molecule has 0 aliphatic heterocycles. The van der Waals surface area contributed by atoms with E-state index in [1.54, 1.807) is 18.2 Å². The Bertz CT molecular complexity index is 1200. The first-order chi connectivity index (χ1) is 19.5. The SMILES string of the molecule is CCCCNC1CC1c1ccccc1.NCCNC(=O)c1cccc(C(=O)NCC(=O)NCc2ccccc2)c1. The van der Waals surface area contributed by atoms with Crippen LogP contribution in [0.25, 0.3) is 0 Å². The van der Waals surface area contributed by atoms with Crippen LogP contribution < -0.4 is 27.0 Å². The van der Waals surface area contributed by atoms with Gasteiger partial charge in [-0.25, -0.2) is 0 Å². The van der Waals surface area contributed by atoms with E-state index < -0.39 is 5.91 Å². The fourth-order valence-corrected chi connectivity index (χ4v) is 4.16. The highest BCUT2D eigenvalue weighted by molar-refractivity contribution is 6.00. The summed E-state index contributed by atoms with van der Waals surface area (Å²) in [5.41, 5.74) is 8.49. The molecule has 8 heteroatoms. The molecule has 2 atom stereocenters. The van der Waals surface area contributed by atoms with Crippen molar-refractivity contribution in [2.24, 2.45) is 5.73 Å². The van der Waals surface area contributed by atoms with Gasteiger partial charge in [0.05, 0.1) is 6.54 Å². The summed E-state index contributed by atoms with van der Waals surface area (Å²) in [5, 5.41) is 11.5. The quantitative estimate of drug-likeness (QED) is 0.212. The zero-order valence-corrected chi connectivity index (χ0v) is 23.2. The van der Waals surface area contributed by atoms with Gasteiger partial charge in [0.2, 0.25) is 5.91 Å². The normalized spacial score (nSPS) is 15.2. The minimum Gasteiger partial charge on any atom is -0.351 e. The second kappa shape index (κ2) is 16.8. The van der Waals surface area contributed by atoms with Gasteiger partial charge in [-0.1, -0.05) is 80.1 Å². The molecule has 212 valence electrons. The molecule has 0 aromatic heterocycles. The largest absolute Gasteiger partial charge is 0.351 e. The Balaban J connectivity index is 0.000000263. The summed E-state index contributed by atoms with van der Waals surface area (Å²) in [6.45, 7) is 4.37. The Morgan fingerprint density at radius 1 is 0.800 bits per heavy atom. The predicted molar refractivity (Wildman–Crippen MR) is 159 cm³/mol. The molecule has 3 aromatic rings. The van der Waals surface area contributed by atoms with Crippen molar-refractivity contribution in [2.45, 2.75) is 44.7 Å². The summed E-state index contributed by atoms with van der Waals surface area (Å²) < 4.78 is 0. The number of unbranched alkanes of at least 4 members (excludes halogenated alkanes) is 1. The monoisotopic (exact) mass is 543 g/mol. The highest BCUT2D eigenvalue weighted by Crippen LogP contribution is 2.40. The highest BCUT2D eigenvalue weighted by Gasteiger charge is 2.37. The number of hydrogen-bond acceptors (Lipinski definition) is 5. The molecule has 3 aromatic carbocycles. The molecule has 8 nitrogen and oxygen atoms in total. The van der Waals surface area contributed by atoms with Gasteiger partial charge in [0.15, 0.2) is 0 Å². The van der Waals surface area contributed by atoms with Gasteiger partial charge in [-0.3, -0.25) is 14.4 Å². The maximum atomic E-state index is 12.2. The van der Waals surface area contributed by atoms with Gasteiger partial charge in [-0.2, -0.15) is 0 Å². The molecule has 0 heterocycles. The molecule has 1 fully saturated rings. The summed E-state index contributed by atoms with van der Waals surface area (Å²) in [4.78, 5) is 35.9. The number of amides is 3. The van der Waals surface area contributed by atoms with Crippen LogP contribution in [0.3, 0.4) is 0 Å². The minimum absolute atomic E-state index is 0.144. The molecule has 6 N–H and O–H groups in total. The lowest BCUT2D eigenvalue weighted by Gasteiger charge is -2.08. The summed E-state index contributed by atoms with van der Waals surface area (Å²) in [5.74, 6) is -0.230. The van der Waals surface area contributed by atoms with Gasteiger partial charge in [-0.15, -0.1) is 0 Å². The Hall–Kier alpha value is -4.01. The van der Waals surface area contributed by atoms with Gasteiger partial charge < -0.3 is 27.0 Å². The Kier molecular flexibility index (Phi) is 12.9. The molecular weight excluding hydrogens is 502 g/mol. The van der Waals surface area contributed by atoms with Crippen LogP contribution >= 0.6 is 0 Å². The van der Waals surface area contributed by atoms with Crippen molar-refractivity contribution in [1.29, 1.82) is 0 Å². The standard InChI is InChI=1S/C19H22N4O3.C13H19N/c20-9-10-21-18(25)15-7-4-8-16(11-15)19(26)23-13-17(24)22-12-14-5-2-1-3-6-14;1-2-3-9-14-13-10-12(13)11-7-5-4-6-8-11/h1-8,11H,9-10,12-13,20H2,(H,21,25)(H,22,24)(H,23,26);4-8,12-14H,2-3,9-10H2,1H3. The molecule has 3 amide bonds. The van der Waals surface area contributed by atoms with E-state index in [0.717, 1.165) is 17.5 Å². The third-order valence-electron chi connectivity index (χ3n) is 6.51. The summed E-state index contributed by atoms with van der Waals surface area (Å²) in [6, 6.07) is 27.4. The molecule has 1 saturated carbocycles. The van der Waals surface area contributed by atoms with Crippen LogP contribution in [-0.4, -0.2) is 49.9 Å². The number of nitrogens with one attached hydrogen (secondary N) is 4. The fourth-order valence-electron chi connectivity index (χ4n) is 4.16. The molecule has 4 rings (SSSR count). The van der Waals surface area contributed by atoms with E-state index >= 15 is 0 Å². The maximum Gasteiger partial charge on any atom is 0.251 e. The van der Waals surface area contributed by atoms with Crippen LogP contribution in [0.5, 0.6) is 0 Å². The molecule has 0 spiro atoms. The first-order valence-electron chi connectivity index (χ1n) is 14.0. The lowest BCUT2D eigenvalue weighted by Crippen LogP contribution is -2.36. The molecule has 2 unspecified atom stereocenters. The third kappa shape index (κ3) is 10.6. The lowest BCUT2D eigenvalue weighted by atomic mass is 10.1. The third-order valence-corrected chi connectivity index (χ3v) is 6.51. The van der Waals surface area contributed by atoms with Crippen LogP contribution in [0.15, 0.2) is 84.9 Å². The van der Waals surface area contributed by atoms with Crippen molar-refractivity contribution in [3.8, 4) is 0 Å². The van der Waals surface area contributed by atoms with Crippen molar-refractivity contribution >= 4 is 17.7 Å². The molecule has 40 heavy (non-hydrogen) atoms. The van der Waals surface area contributed by atoms with Gasteiger partial charge in [-0.05, 0) is 48.7 Å². The first-order valence-corrected chi connectivity index (χ1v) is 14.0. The van der Waals surface area contributed by atoms with Crippen molar-refractivity contribution in [1.82, 2.24) is 21.3 Å². The Morgan fingerprint density at radius 3 is 2.10 bits per heavy atom. The second-order valence-corrected chi connectivity index (χ2v) is 9.74. The number of carbonyl (C=O) groups is 3. The van der Waals surface area contributed by atoms with Crippen molar-refractivity contribution < 1.29 is 14.4 Å². The number of benzene rings is 3.